The van der Waals surface area contributed by atoms with Crippen LogP contribution in [0.25, 0.3) is 0 Å². The summed E-state index contributed by atoms with van der Waals surface area (Å²) >= 11 is 0. The number of rotatable bonds is 8. The van der Waals surface area contributed by atoms with E-state index in [0.29, 0.717) is 5.69 Å². The van der Waals surface area contributed by atoms with E-state index in [-0.39, 0.29) is 17.0 Å². The van der Waals surface area contributed by atoms with Gasteiger partial charge in [0.05, 0.1) is 29.3 Å². The highest BCUT2D eigenvalue weighted by Gasteiger charge is 2.23. The van der Waals surface area contributed by atoms with E-state index in [0.717, 1.165) is 20.4 Å². The molecule has 1 N–H and O–H groups in total. The van der Waals surface area contributed by atoms with E-state index < -0.39 is 32.5 Å². The predicted octanol–water partition coefficient (Wildman–Crippen LogP) is 1.41. The first-order valence-electron chi connectivity index (χ1n) is 8.71. The minimum atomic E-state index is -3.81. The van der Waals surface area contributed by atoms with Crippen LogP contribution >= 0.6 is 0 Å². The van der Waals surface area contributed by atoms with Gasteiger partial charge in [-0.2, -0.15) is 5.26 Å². The molecule has 0 saturated carbocycles. The van der Waals surface area contributed by atoms with Crippen LogP contribution in [-0.4, -0.2) is 53.9 Å². The molecule has 2 aromatic carbocycles. The van der Waals surface area contributed by atoms with Gasteiger partial charge in [-0.25, -0.2) is 21.1 Å². The van der Waals surface area contributed by atoms with Gasteiger partial charge in [0, 0.05) is 19.8 Å². The number of nitrogens with zero attached hydrogens (tertiary/aromatic N) is 3. The molecule has 0 aliphatic heterocycles. The van der Waals surface area contributed by atoms with Crippen LogP contribution in [-0.2, 0) is 31.3 Å². The molecule has 1 amide bonds. The summed E-state index contributed by atoms with van der Waals surface area (Å²) in [6, 6.07) is 13.9. The molecule has 9 nitrogen and oxygen atoms in total. The summed E-state index contributed by atoms with van der Waals surface area (Å²) in [6.45, 7) is -0.488. The summed E-state index contributed by atoms with van der Waals surface area (Å²) in [5.41, 5.74) is 1.42. The van der Waals surface area contributed by atoms with Crippen LogP contribution in [0.2, 0.25) is 0 Å². The second kappa shape index (κ2) is 9.25. The fourth-order valence-corrected chi connectivity index (χ4v) is 4.28. The van der Waals surface area contributed by atoms with Crippen molar-refractivity contribution in [2.75, 3.05) is 36.5 Å². The molecule has 11 heteroatoms. The van der Waals surface area contributed by atoms with E-state index in [9.17, 15) is 21.6 Å². The van der Waals surface area contributed by atoms with Crippen LogP contribution in [0.3, 0.4) is 0 Å². The van der Waals surface area contributed by atoms with E-state index in [2.05, 4.69) is 5.32 Å². The van der Waals surface area contributed by atoms with Crippen molar-refractivity contribution in [2.45, 2.75) is 11.3 Å². The summed E-state index contributed by atoms with van der Waals surface area (Å²) in [6.07, 6.45) is 1.21. The molecule has 0 atom stereocenters. The zero-order chi connectivity index (χ0) is 22.5. The minimum absolute atomic E-state index is 0.00612. The van der Waals surface area contributed by atoms with Gasteiger partial charge in [0.15, 0.2) is 0 Å². The van der Waals surface area contributed by atoms with Gasteiger partial charge >= 0.3 is 0 Å². The second-order valence-electron chi connectivity index (χ2n) is 6.63. The average Bonchev–Trinajstić information content (AvgIpc) is 2.67. The Morgan fingerprint density at radius 2 is 1.57 bits per heavy atom. The monoisotopic (exact) mass is 450 g/mol. The third kappa shape index (κ3) is 5.79. The van der Waals surface area contributed by atoms with Gasteiger partial charge in [-0.3, -0.25) is 9.10 Å². The molecule has 0 heterocycles. The van der Waals surface area contributed by atoms with Crippen LogP contribution in [0.4, 0.5) is 11.4 Å². The minimum Gasteiger partial charge on any atom is -0.325 e. The number of hydrogen-bond donors (Lipinski definition) is 1. The number of nitrogens with one attached hydrogen (secondary N) is 1. The predicted molar refractivity (Wildman–Crippen MR) is 114 cm³/mol. The average molecular weight is 451 g/mol. The molecular formula is C19H22N4O5S2. The van der Waals surface area contributed by atoms with E-state index in [1.54, 1.807) is 24.3 Å². The molecular weight excluding hydrogens is 428 g/mol. The number of carbonyl (C=O) groups is 1. The van der Waals surface area contributed by atoms with Gasteiger partial charge in [-0.1, -0.05) is 12.1 Å². The summed E-state index contributed by atoms with van der Waals surface area (Å²) in [5.74, 6) is -0.571. The van der Waals surface area contributed by atoms with Crippen molar-refractivity contribution in [1.29, 1.82) is 5.26 Å². The number of anilines is 2. The number of sulfonamides is 2. The van der Waals surface area contributed by atoms with Gasteiger partial charge in [-0.15, -0.1) is 0 Å². The summed E-state index contributed by atoms with van der Waals surface area (Å²) in [5, 5.41) is 11.3. The molecule has 2 rings (SSSR count). The largest absolute Gasteiger partial charge is 0.325 e. The van der Waals surface area contributed by atoms with Crippen molar-refractivity contribution < 1.29 is 21.6 Å². The van der Waals surface area contributed by atoms with Crippen LogP contribution in [0, 0.1) is 11.3 Å². The van der Waals surface area contributed by atoms with E-state index in [4.69, 9.17) is 5.26 Å². The lowest BCUT2D eigenvalue weighted by Gasteiger charge is -2.22. The van der Waals surface area contributed by atoms with Crippen molar-refractivity contribution in [3.05, 3.63) is 54.1 Å². The Balaban J connectivity index is 2.20. The lowest BCUT2D eigenvalue weighted by atomic mass is 10.1. The highest BCUT2D eigenvalue weighted by Crippen LogP contribution is 2.22. The van der Waals surface area contributed by atoms with Crippen LogP contribution in [0.5, 0.6) is 0 Å². The highest BCUT2D eigenvalue weighted by molar-refractivity contribution is 7.92. The Morgan fingerprint density at radius 3 is 2.03 bits per heavy atom. The van der Waals surface area contributed by atoms with Crippen LogP contribution in [0.15, 0.2) is 53.4 Å². The van der Waals surface area contributed by atoms with Crippen molar-refractivity contribution in [2.24, 2.45) is 0 Å². The first-order valence-corrected chi connectivity index (χ1v) is 12.0. The van der Waals surface area contributed by atoms with Crippen molar-refractivity contribution in [1.82, 2.24) is 4.31 Å². The number of amides is 1. The molecule has 2 aromatic rings. The maximum Gasteiger partial charge on any atom is 0.245 e. The van der Waals surface area contributed by atoms with Gasteiger partial charge in [0.25, 0.3) is 0 Å². The maximum absolute atomic E-state index is 12.4. The van der Waals surface area contributed by atoms with Crippen molar-refractivity contribution >= 4 is 37.3 Å². The lowest BCUT2D eigenvalue weighted by Crippen LogP contribution is -2.37. The van der Waals surface area contributed by atoms with Gasteiger partial charge in [0.1, 0.15) is 6.54 Å². The first-order chi connectivity index (χ1) is 13.9. The number of nitriles is 1. The van der Waals surface area contributed by atoms with Crippen LogP contribution in [0.1, 0.15) is 5.56 Å². The zero-order valence-corrected chi connectivity index (χ0v) is 18.4. The van der Waals surface area contributed by atoms with Gasteiger partial charge in [-0.05, 0) is 42.0 Å². The smallest absolute Gasteiger partial charge is 0.245 e. The first kappa shape index (κ1) is 23.3. The molecule has 0 aliphatic carbocycles. The molecule has 160 valence electrons. The van der Waals surface area contributed by atoms with Gasteiger partial charge in [0.2, 0.25) is 26.0 Å². The molecule has 0 saturated heterocycles. The molecule has 0 spiro atoms. The Morgan fingerprint density at radius 1 is 1.00 bits per heavy atom. The standard InChI is InChI=1S/C19H22N4O5S2/c1-22(2)30(27,28)18-10-8-17(9-11-18)23(29(3,25)26)14-19(24)21-16-6-4-15(5-7-16)12-13-20/h4-11H,12,14H2,1-3H3,(H,21,24). The molecule has 0 fully saturated rings. The Kier molecular flexibility index (Phi) is 7.20. The van der Waals surface area contributed by atoms with Crippen molar-refractivity contribution in [3.8, 4) is 6.07 Å². The maximum atomic E-state index is 12.4. The number of carbonyl (C=O) groups excluding carboxylic acids is 1. The van der Waals surface area contributed by atoms with Gasteiger partial charge < -0.3 is 5.32 Å². The quantitative estimate of drug-likeness (QED) is 0.648. The number of benzene rings is 2. The molecule has 30 heavy (non-hydrogen) atoms. The molecule has 0 unspecified atom stereocenters. The molecule has 0 bridgehead atoms. The van der Waals surface area contributed by atoms with E-state index in [1.807, 2.05) is 6.07 Å². The van der Waals surface area contributed by atoms with E-state index in [1.165, 1.54) is 38.4 Å². The Hall–Kier alpha value is -2.94. The Bertz CT molecular complexity index is 1150. The fraction of sp³-hybridized carbons (Fsp3) is 0.263. The second-order valence-corrected chi connectivity index (χ2v) is 10.7. The number of hydrogen-bond acceptors (Lipinski definition) is 6. The molecule has 0 radical (unpaired) electrons. The highest BCUT2D eigenvalue weighted by atomic mass is 32.2. The molecule has 0 aromatic heterocycles. The fourth-order valence-electron chi connectivity index (χ4n) is 2.52. The third-order valence-corrected chi connectivity index (χ3v) is 7.08. The summed E-state index contributed by atoms with van der Waals surface area (Å²) < 4.78 is 50.7. The lowest BCUT2D eigenvalue weighted by molar-refractivity contribution is -0.114. The Labute approximate surface area is 176 Å². The summed E-state index contributed by atoms with van der Waals surface area (Å²) in [4.78, 5) is 12.4. The normalized spacial score (nSPS) is 11.7. The van der Waals surface area contributed by atoms with Crippen LogP contribution < -0.4 is 9.62 Å². The molecule has 0 aliphatic rings. The van der Waals surface area contributed by atoms with E-state index >= 15 is 0 Å². The zero-order valence-electron chi connectivity index (χ0n) is 16.7. The van der Waals surface area contributed by atoms with Crippen molar-refractivity contribution in [3.63, 3.8) is 0 Å². The SMILES string of the molecule is CN(C)S(=O)(=O)c1ccc(N(CC(=O)Nc2ccc(CC#N)cc2)S(C)(=O)=O)cc1. The topological polar surface area (TPSA) is 128 Å². The third-order valence-electron chi connectivity index (χ3n) is 4.11. The summed E-state index contributed by atoms with van der Waals surface area (Å²) in [7, 11) is -4.68.